The van der Waals surface area contributed by atoms with Gasteiger partial charge in [0.1, 0.15) is 4.34 Å². The van der Waals surface area contributed by atoms with Crippen molar-refractivity contribution in [3.8, 4) is 0 Å². The lowest BCUT2D eigenvalue weighted by atomic mass is 10.1. The molecule has 2 heterocycles. The lowest BCUT2D eigenvalue weighted by Gasteiger charge is -2.33. The third kappa shape index (κ3) is 9.78. The van der Waals surface area contributed by atoms with Gasteiger partial charge in [0, 0.05) is 56.1 Å². The third-order valence-electron chi connectivity index (χ3n) is 4.34. The summed E-state index contributed by atoms with van der Waals surface area (Å²) in [4.78, 5) is 11.5. The number of nitrogens with one attached hydrogen (secondary N) is 2. The van der Waals surface area contributed by atoms with E-state index >= 15 is 0 Å². The predicted octanol–water partition coefficient (Wildman–Crippen LogP) is 3.07. The Labute approximate surface area is 172 Å². The maximum Gasteiger partial charge on any atom is 0.191 e. The number of nitrogens with zero attached hydrogens (tertiary/aromatic N) is 3. The van der Waals surface area contributed by atoms with E-state index in [0.29, 0.717) is 12.1 Å². The van der Waals surface area contributed by atoms with Gasteiger partial charge in [-0.2, -0.15) is 0 Å². The second kappa shape index (κ2) is 13.4. The van der Waals surface area contributed by atoms with E-state index in [0.717, 1.165) is 74.6 Å². The minimum Gasteiger partial charge on any atom is -0.377 e. The first kappa shape index (κ1) is 22.5. The first-order chi connectivity index (χ1) is 13.2. The Hall–Kier alpha value is -0.830. The van der Waals surface area contributed by atoms with Crippen LogP contribution in [0.3, 0.4) is 0 Å². The zero-order chi connectivity index (χ0) is 19.3. The molecule has 1 fully saturated rings. The van der Waals surface area contributed by atoms with Gasteiger partial charge in [-0.05, 0) is 40.0 Å². The summed E-state index contributed by atoms with van der Waals surface area (Å²) in [6.45, 7) is 12.2. The molecular formula is C19H35N5OS2. The van der Waals surface area contributed by atoms with Crippen molar-refractivity contribution >= 4 is 29.1 Å². The molecule has 0 unspecified atom stereocenters. The number of hydrogen-bond acceptors (Lipinski definition) is 6. The molecule has 8 heteroatoms. The third-order valence-corrected chi connectivity index (χ3v) is 6.39. The SMILES string of the molecule is CCNC(=NCCCSc1nccs1)NC1CCN(CCOC(C)C)CC1. The van der Waals surface area contributed by atoms with Gasteiger partial charge in [0.05, 0.1) is 12.7 Å². The molecule has 0 amide bonds. The Bertz CT molecular complexity index is 516. The number of rotatable bonds is 11. The molecule has 0 bridgehead atoms. The number of thiazole rings is 1. The lowest BCUT2D eigenvalue weighted by molar-refractivity contribution is 0.0532. The highest BCUT2D eigenvalue weighted by atomic mass is 32.2. The summed E-state index contributed by atoms with van der Waals surface area (Å²) in [5, 5.41) is 9.02. The molecule has 0 aliphatic carbocycles. The van der Waals surface area contributed by atoms with Crippen LogP contribution in [0, 0.1) is 0 Å². The molecular weight excluding hydrogens is 378 g/mol. The van der Waals surface area contributed by atoms with Crippen LogP contribution in [0.15, 0.2) is 20.9 Å². The summed E-state index contributed by atoms with van der Waals surface area (Å²) in [6, 6.07) is 0.509. The van der Waals surface area contributed by atoms with E-state index in [1.807, 2.05) is 23.3 Å². The van der Waals surface area contributed by atoms with Gasteiger partial charge in [-0.25, -0.2) is 4.98 Å². The largest absolute Gasteiger partial charge is 0.377 e. The summed E-state index contributed by atoms with van der Waals surface area (Å²) in [5.74, 6) is 2.02. The van der Waals surface area contributed by atoms with Crippen LogP contribution in [-0.2, 0) is 4.74 Å². The fourth-order valence-electron chi connectivity index (χ4n) is 2.93. The topological polar surface area (TPSA) is 61.8 Å². The molecule has 0 radical (unpaired) electrons. The van der Waals surface area contributed by atoms with Crippen molar-refractivity contribution < 1.29 is 4.74 Å². The number of hydrogen-bond donors (Lipinski definition) is 2. The molecule has 2 rings (SSSR count). The summed E-state index contributed by atoms with van der Waals surface area (Å²) in [5.41, 5.74) is 0. The highest BCUT2D eigenvalue weighted by Gasteiger charge is 2.19. The molecule has 1 aliphatic heterocycles. The molecule has 2 N–H and O–H groups in total. The Kier molecular flexibility index (Phi) is 11.1. The molecule has 1 aromatic rings. The van der Waals surface area contributed by atoms with Gasteiger partial charge in [0.15, 0.2) is 5.96 Å². The average Bonchev–Trinajstić information content (AvgIpc) is 3.16. The second-order valence-electron chi connectivity index (χ2n) is 6.94. The fourth-order valence-corrected chi connectivity index (χ4v) is 4.56. The first-order valence-electron chi connectivity index (χ1n) is 10.1. The van der Waals surface area contributed by atoms with Crippen molar-refractivity contribution in [2.24, 2.45) is 4.99 Å². The summed E-state index contributed by atoms with van der Waals surface area (Å²) < 4.78 is 6.81. The van der Waals surface area contributed by atoms with Crippen LogP contribution in [-0.4, -0.2) is 73.1 Å². The quantitative estimate of drug-likeness (QED) is 0.252. The normalized spacial score (nSPS) is 16.8. The average molecular weight is 414 g/mol. The molecule has 154 valence electrons. The number of guanidine groups is 1. The number of likely N-dealkylation sites (tertiary alicyclic amines) is 1. The van der Waals surface area contributed by atoms with Gasteiger partial charge in [0.2, 0.25) is 0 Å². The van der Waals surface area contributed by atoms with Crippen LogP contribution in [0.1, 0.15) is 40.0 Å². The maximum atomic E-state index is 5.66. The fraction of sp³-hybridized carbons (Fsp3) is 0.789. The standard InChI is InChI=1S/C19H35N5OS2/c1-4-20-18(21-8-5-14-26-19-22-9-15-27-19)23-17-6-10-24(11-7-17)12-13-25-16(2)3/h9,15-17H,4-8,10-14H2,1-3H3,(H2,20,21,23). The number of ether oxygens (including phenoxy) is 1. The highest BCUT2D eigenvalue weighted by Crippen LogP contribution is 2.20. The molecule has 6 nitrogen and oxygen atoms in total. The Balaban J connectivity index is 1.63. The van der Waals surface area contributed by atoms with E-state index < -0.39 is 0 Å². The van der Waals surface area contributed by atoms with Crippen LogP contribution in [0.2, 0.25) is 0 Å². The van der Waals surface area contributed by atoms with E-state index in [2.05, 4.69) is 41.3 Å². The molecule has 0 spiro atoms. The van der Waals surface area contributed by atoms with Crippen LogP contribution >= 0.6 is 23.1 Å². The molecule has 1 aliphatic rings. The van der Waals surface area contributed by atoms with Crippen LogP contribution in [0.25, 0.3) is 0 Å². The van der Waals surface area contributed by atoms with E-state index in [1.54, 1.807) is 11.3 Å². The maximum absolute atomic E-state index is 5.66. The molecule has 1 saturated heterocycles. The number of aromatic nitrogens is 1. The zero-order valence-corrected chi connectivity index (χ0v) is 18.6. The Morgan fingerprint density at radius 2 is 2.26 bits per heavy atom. The molecule has 1 aromatic heterocycles. The summed E-state index contributed by atoms with van der Waals surface area (Å²) in [7, 11) is 0. The number of thioether (sulfide) groups is 1. The van der Waals surface area contributed by atoms with E-state index in [4.69, 9.17) is 9.73 Å². The van der Waals surface area contributed by atoms with E-state index in [9.17, 15) is 0 Å². The Morgan fingerprint density at radius 1 is 1.44 bits per heavy atom. The van der Waals surface area contributed by atoms with Crippen molar-refractivity contribution in [1.29, 1.82) is 0 Å². The predicted molar refractivity (Wildman–Crippen MR) is 117 cm³/mol. The van der Waals surface area contributed by atoms with Gasteiger partial charge < -0.3 is 20.3 Å². The van der Waals surface area contributed by atoms with Crippen LogP contribution in [0.4, 0.5) is 0 Å². The highest BCUT2D eigenvalue weighted by molar-refractivity contribution is 8.00. The number of piperidine rings is 1. The summed E-state index contributed by atoms with van der Waals surface area (Å²) in [6.07, 6.45) is 5.57. The molecule has 27 heavy (non-hydrogen) atoms. The second-order valence-corrected chi connectivity index (χ2v) is 9.18. The van der Waals surface area contributed by atoms with Gasteiger partial charge in [-0.3, -0.25) is 4.99 Å². The minimum absolute atomic E-state index is 0.322. The van der Waals surface area contributed by atoms with Crippen molar-refractivity contribution in [1.82, 2.24) is 20.5 Å². The van der Waals surface area contributed by atoms with E-state index in [1.165, 1.54) is 0 Å². The number of aliphatic imine (C=N–C) groups is 1. The molecule has 0 saturated carbocycles. The van der Waals surface area contributed by atoms with Crippen molar-refractivity contribution in [2.45, 2.75) is 56.5 Å². The van der Waals surface area contributed by atoms with Crippen molar-refractivity contribution in [3.05, 3.63) is 11.6 Å². The van der Waals surface area contributed by atoms with Crippen molar-refractivity contribution in [3.63, 3.8) is 0 Å². The molecule has 0 aromatic carbocycles. The van der Waals surface area contributed by atoms with Crippen molar-refractivity contribution in [2.75, 3.05) is 45.1 Å². The monoisotopic (exact) mass is 413 g/mol. The lowest BCUT2D eigenvalue weighted by Crippen LogP contribution is -2.49. The van der Waals surface area contributed by atoms with Gasteiger partial charge in [-0.1, -0.05) is 11.8 Å². The minimum atomic E-state index is 0.322. The van der Waals surface area contributed by atoms with Crippen LogP contribution in [0.5, 0.6) is 0 Å². The Morgan fingerprint density at radius 3 is 2.93 bits per heavy atom. The smallest absolute Gasteiger partial charge is 0.191 e. The van der Waals surface area contributed by atoms with Crippen LogP contribution < -0.4 is 10.6 Å². The van der Waals surface area contributed by atoms with Gasteiger partial charge in [-0.15, -0.1) is 11.3 Å². The summed E-state index contributed by atoms with van der Waals surface area (Å²) >= 11 is 3.52. The van der Waals surface area contributed by atoms with Gasteiger partial charge in [0.25, 0.3) is 0 Å². The zero-order valence-electron chi connectivity index (χ0n) is 16.9. The van der Waals surface area contributed by atoms with E-state index in [-0.39, 0.29) is 0 Å². The molecule has 0 atom stereocenters. The van der Waals surface area contributed by atoms with Gasteiger partial charge >= 0.3 is 0 Å². The first-order valence-corrected chi connectivity index (χ1v) is 11.9.